The van der Waals surface area contributed by atoms with Gasteiger partial charge in [-0.25, -0.2) is 0 Å². The third-order valence-corrected chi connectivity index (χ3v) is 3.08. The van der Waals surface area contributed by atoms with Gasteiger partial charge in [-0.1, -0.05) is 13.3 Å². The van der Waals surface area contributed by atoms with Crippen LogP contribution in [0.5, 0.6) is 5.75 Å². The highest BCUT2D eigenvalue weighted by atomic mass is 35.5. The molecule has 0 fully saturated rings. The molecule has 120 valence electrons. The van der Waals surface area contributed by atoms with Crippen LogP contribution in [-0.2, 0) is 4.79 Å². The summed E-state index contributed by atoms with van der Waals surface area (Å²) in [7, 11) is 0. The predicted molar refractivity (Wildman–Crippen MR) is 90.3 cm³/mol. The monoisotopic (exact) mass is 314 g/mol. The first kappa shape index (κ1) is 19.7. The van der Waals surface area contributed by atoms with Gasteiger partial charge >= 0.3 is 0 Å². The second-order valence-electron chi connectivity index (χ2n) is 5.77. The highest BCUT2D eigenvalue weighted by Crippen LogP contribution is 2.23. The van der Waals surface area contributed by atoms with Gasteiger partial charge in [0.2, 0.25) is 5.91 Å². The molecule has 1 rings (SSSR count). The lowest BCUT2D eigenvalue weighted by atomic mass is 9.96. The largest absolute Gasteiger partial charge is 0.491 e. The number of carbonyl (C=O) groups excluding carboxylic acids is 1. The Morgan fingerprint density at radius 1 is 1.43 bits per heavy atom. The third-order valence-electron chi connectivity index (χ3n) is 3.08. The van der Waals surface area contributed by atoms with Crippen LogP contribution >= 0.6 is 12.4 Å². The molecular formula is C16H27ClN2O2. The number of nitrogens with two attached hydrogens (primary N) is 1. The van der Waals surface area contributed by atoms with Gasteiger partial charge in [-0.2, -0.15) is 0 Å². The fourth-order valence-corrected chi connectivity index (χ4v) is 2.02. The van der Waals surface area contributed by atoms with Crippen molar-refractivity contribution in [2.75, 3.05) is 5.32 Å². The maximum absolute atomic E-state index is 12.1. The molecule has 0 spiro atoms. The average molecular weight is 315 g/mol. The van der Waals surface area contributed by atoms with Crippen LogP contribution in [0.15, 0.2) is 18.2 Å². The summed E-state index contributed by atoms with van der Waals surface area (Å²) in [5, 5.41) is 2.87. The number of ether oxygens (including phenoxy) is 1. The van der Waals surface area contributed by atoms with Crippen LogP contribution in [0.4, 0.5) is 5.69 Å². The standard InChI is InChI=1S/C16H26N2O2.ClH/c1-6-9-16(5,17)15(19)18-13-7-8-14(12(4)10-13)20-11(2)3;/h7-8,10-11H,6,9,17H2,1-5H3,(H,18,19);1H. The van der Waals surface area contributed by atoms with E-state index in [1.165, 1.54) is 0 Å². The number of aryl methyl sites for hydroxylation is 1. The summed E-state index contributed by atoms with van der Waals surface area (Å²) in [6.45, 7) is 9.70. The molecule has 1 atom stereocenters. The fraction of sp³-hybridized carbons (Fsp3) is 0.562. The third kappa shape index (κ3) is 5.94. The molecule has 0 aliphatic carbocycles. The fourth-order valence-electron chi connectivity index (χ4n) is 2.02. The zero-order valence-corrected chi connectivity index (χ0v) is 14.3. The number of halogens is 1. The first-order chi connectivity index (χ1) is 9.26. The highest BCUT2D eigenvalue weighted by molar-refractivity contribution is 5.97. The second kappa shape index (κ2) is 8.25. The molecule has 5 heteroatoms. The Hall–Kier alpha value is -1.26. The number of carbonyl (C=O) groups is 1. The molecule has 0 heterocycles. The highest BCUT2D eigenvalue weighted by Gasteiger charge is 2.27. The summed E-state index contributed by atoms with van der Waals surface area (Å²) >= 11 is 0. The van der Waals surface area contributed by atoms with E-state index < -0.39 is 5.54 Å². The first-order valence-corrected chi connectivity index (χ1v) is 7.14. The van der Waals surface area contributed by atoms with Crippen molar-refractivity contribution in [3.63, 3.8) is 0 Å². The molecular weight excluding hydrogens is 288 g/mol. The number of nitrogens with one attached hydrogen (secondary N) is 1. The molecule has 21 heavy (non-hydrogen) atoms. The number of hydrogen-bond donors (Lipinski definition) is 2. The minimum atomic E-state index is -0.838. The molecule has 0 aromatic heterocycles. The van der Waals surface area contributed by atoms with Crippen molar-refractivity contribution in [2.24, 2.45) is 5.73 Å². The van der Waals surface area contributed by atoms with Crippen molar-refractivity contribution in [1.82, 2.24) is 0 Å². The summed E-state index contributed by atoms with van der Waals surface area (Å²) in [4.78, 5) is 12.1. The van der Waals surface area contributed by atoms with Crippen LogP contribution < -0.4 is 15.8 Å². The number of anilines is 1. The van der Waals surface area contributed by atoms with E-state index in [0.717, 1.165) is 23.4 Å². The molecule has 1 amide bonds. The van der Waals surface area contributed by atoms with Gasteiger partial charge in [-0.05, 0) is 57.9 Å². The maximum Gasteiger partial charge on any atom is 0.244 e. The van der Waals surface area contributed by atoms with E-state index in [9.17, 15) is 4.79 Å². The summed E-state index contributed by atoms with van der Waals surface area (Å²) in [6.07, 6.45) is 1.67. The molecule has 1 aromatic carbocycles. The van der Waals surface area contributed by atoms with Gasteiger partial charge < -0.3 is 15.8 Å². The van der Waals surface area contributed by atoms with Crippen molar-refractivity contribution >= 4 is 24.0 Å². The number of rotatable bonds is 6. The molecule has 1 aromatic rings. The van der Waals surface area contributed by atoms with E-state index in [0.29, 0.717) is 6.42 Å². The molecule has 0 aliphatic heterocycles. The SMILES string of the molecule is CCCC(C)(N)C(=O)Nc1ccc(OC(C)C)c(C)c1.Cl. The van der Waals surface area contributed by atoms with Gasteiger partial charge in [-0.15, -0.1) is 12.4 Å². The van der Waals surface area contributed by atoms with Crippen molar-refractivity contribution in [3.05, 3.63) is 23.8 Å². The van der Waals surface area contributed by atoms with Gasteiger partial charge in [0, 0.05) is 5.69 Å². The predicted octanol–water partition coefficient (Wildman–Crippen LogP) is 3.66. The smallest absolute Gasteiger partial charge is 0.244 e. The van der Waals surface area contributed by atoms with Gasteiger partial charge in [0.15, 0.2) is 0 Å². The van der Waals surface area contributed by atoms with Crippen LogP contribution in [0.25, 0.3) is 0 Å². The molecule has 0 aliphatic rings. The lowest BCUT2D eigenvalue weighted by molar-refractivity contribution is -0.120. The topological polar surface area (TPSA) is 64.4 Å². The van der Waals surface area contributed by atoms with E-state index in [-0.39, 0.29) is 24.4 Å². The number of amides is 1. The first-order valence-electron chi connectivity index (χ1n) is 7.14. The van der Waals surface area contributed by atoms with Crippen molar-refractivity contribution < 1.29 is 9.53 Å². The van der Waals surface area contributed by atoms with E-state index in [1.807, 2.05) is 45.9 Å². The van der Waals surface area contributed by atoms with Crippen LogP contribution in [0.3, 0.4) is 0 Å². The Bertz CT molecular complexity index is 473. The molecule has 0 saturated carbocycles. The Morgan fingerprint density at radius 3 is 2.52 bits per heavy atom. The lowest BCUT2D eigenvalue weighted by Crippen LogP contribution is -2.48. The Morgan fingerprint density at radius 2 is 2.05 bits per heavy atom. The number of hydrogen-bond acceptors (Lipinski definition) is 3. The van der Waals surface area contributed by atoms with Crippen LogP contribution in [0.1, 0.15) is 46.1 Å². The zero-order chi connectivity index (χ0) is 15.3. The Labute approximate surface area is 133 Å². The minimum Gasteiger partial charge on any atom is -0.491 e. The summed E-state index contributed by atoms with van der Waals surface area (Å²) < 4.78 is 5.67. The van der Waals surface area contributed by atoms with Gasteiger partial charge in [0.05, 0.1) is 11.6 Å². The molecule has 3 N–H and O–H groups in total. The molecule has 0 bridgehead atoms. The molecule has 0 radical (unpaired) electrons. The zero-order valence-electron chi connectivity index (χ0n) is 13.5. The van der Waals surface area contributed by atoms with Gasteiger partial charge in [0.1, 0.15) is 5.75 Å². The van der Waals surface area contributed by atoms with Crippen LogP contribution in [0, 0.1) is 6.92 Å². The Balaban J connectivity index is 0.00000400. The second-order valence-corrected chi connectivity index (χ2v) is 5.77. The summed E-state index contributed by atoms with van der Waals surface area (Å²) in [6, 6.07) is 5.61. The van der Waals surface area contributed by atoms with E-state index in [1.54, 1.807) is 6.92 Å². The minimum absolute atomic E-state index is 0. The number of benzene rings is 1. The lowest BCUT2D eigenvalue weighted by Gasteiger charge is -2.23. The quantitative estimate of drug-likeness (QED) is 0.842. The van der Waals surface area contributed by atoms with Crippen LogP contribution in [-0.4, -0.2) is 17.6 Å². The van der Waals surface area contributed by atoms with Crippen molar-refractivity contribution in [2.45, 2.75) is 59.1 Å². The Kier molecular flexibility index (Phi) is 7.75. The molecule has 1 unspecified atom stereocenters. The van der Waals surface area contributed by atoms with Crippen molar-refractivity contribution in [3.8, 4) is 5.75 Å². The maximum atomic E-state index is 12.1. The van der Waals surface area contributed by atoms with Gasteiger partial charge in [0.25, 0.3) is 0 Å². The van der Waals surface area contributed by atoms with E-state index >= 15 is 0 Å². The molecule has 0 saturated heterocycles. The average Bonchev–Trinajstić information content (AvgIpc) is 2.32. The van der Waals surface area contributed by atoms with E-state index in [2.05, 4.69) is 5.32 Å². The summed E-state index contributed by atoms with van der Waals surface area (Å²) in [5.41, 5.74) is 6.92. The van der Waals surface area contributed by atoms with E-state index in [4.69, 9.17) is 10.5 Å². The normalized spacial score (nSPS) is 13.3. The summed E-state index contributed by atoms with van der Waals surface area (Å²) in [5.74, 6) is 0.679. The molecule has 4 nitrogen and oxygen atoms in total. The van der Waals surface area contributed by atoms with Crippen molar-refractivity contribution in [1.29, 1.82) is 0 Å². The van der Waals surface area contributed by atoms with Gasteiger partial charge in [-0.3, -0.25) is 4.79 Å². The van der Waals surface area contributed by atoms with Crippen LogP contribution in [0.2, 0.25) is 0 Å².